The maximum absolute atomic E-state index is 12.7. The minimum Gasteiger partial charge on any atom is -0.375 e. The van der Waals surface area contributed by atoms with Crippen LogP contribution in [0.3, 0.4) is 0 Å². The number of anilines is 1. The van der Waals surface area contributed by atoms with Crippen LogP contribution < -0.4 is 4.90 Å². The van der Waals surface area contributed by atoms with E-state index in [1.165, 1.54) is 5.56 Å². The lowest BCUT2D eigenvalue weighted by atomic mass is 10.1. The first-order valence-corrected chi connectivity index (χ1v) is 9.43. The van der Waals surface area contributed by atoms with Gasteiger partial charge in [0.1, 0.15) is 0 Å². The van der Waals surface area contributed by atoms with Gasteiger partial charge in [0.2, 0.25) is 0 Å². The predicted octanol–water partition coefficient (Wildman–Crippen LogP) is 3.96. The number of benzene rings is 2. The Bertz CT molecular complexity index is 692. The van der Waals surface area contributed by atoms with E-state index < -0.39 is 0 Å². The zero-order valence-electron chi connectivity index (χ0n) is 15.7. The lowest BCUT2D eigenvalue weighted by Gasteiger charge is -2.32. The fraction of sp³-hybridized carbons (Fsp3) is 0.409. The number of likely N-dealkylation sites (tertiary alicyclic amines) is 1. The topological polar surface area (TPSA) is 32.8 Å². The second-order valence-corrected chi connectivity index (χ2v) is 6.85. The molecule has 138 valence electrons. The summed E-state index contributed by atoms with van der Waals surface area (Å²) in [5.74, 6) is 0.122. The molecule has 1 heterocycles. The molecule has 0 saturated carbocycles. The molecule has 0 atom stereocenters. The van der Waals surface area contributed by atoms with E-state index in [1.807, 2.05) is 47.4 Å². The summed E-state index contributed by atoms with van der Waals surface area (Å²) in [5.41, 5.74) is 3.10. The molecule has 3 rings (SSSR count). The maximum Gasteiger partial charge on any atom is 0.253 e. The molecule has 1 amide bonds. The highest BCUT2D eigenvalue weighted by Crippen LogP contribution is 2.19. The largest absolute Gasteiger partial charge is 0.375 e. The van der Waals surface area contributed by atoms with Crippen LogP contribution in [-0.4, -0.2) is 43.6 Å². The fourth-order valence-corrected chi connectivity index (χ4v) is 3.24. The highest BCUT2D eigenvalue weighted by molar-refractivity contribution is 5.94. The van der Waals surface area contributed by atoms with Crippen LogP contribution in [0, 0.1) is 0 Å². The van der Waals surface area contributed by atoms with Crippen LogP contribution in [0.4, 0.5) is 5.69 Å². The van der Waals surface area contributed by atoms with Gasteiger partial charge in [0.15, 0.2) is 0 Å². The zero-order valence-corrected chi connectivity index (χ0v) is 15.7. The van der Waals surface area contributed by atoms with Crippen LogP contribution in [0.15, 0.2) is 54.6 Å². The number of amides is 1. The molecule has 0 aliphatic carbocycles. The molecule has 26 heavy (non-hydrogen) atoms. The van der Waals surface area contributed by atoms with Crippen molar-refractivity contribution in [1.82, 2.24) is 4.90 Å². The summed E-state index contributed by atoms with van der Waals surface area (Å²) in [4.78, 5) is 16.8. The summed E-state index contributed by atoms with van der Waals surface area (Å²) in [6, 6.07) is 18.1. The Morgan fingerprint density at radius 1 is 1.08 bits per heavy atom. The smallest absolute Gasteiger partial charge is 0.253 e. The third kappa shape index (κ3) is 4.64. The maximum atomic E-state index is 12.7. The van der Waals surface area contributed by atoms with Gasteiger partial charge in [0.25, 0.3) is 5.91 Å². The van der Waals surface area contributed by atoms with E-state index in [0.29, 0.717) is 6.61 Å². The lowest BCUT2D eigenvalue weighted by molar-refractivity contribution is -0.000378. The highest BCUT2D eigenvalue weighted by Gasteiger charge is 2.24. The van der Waals surface area contributed by atoms with E-state index in [0.717, 1.165) is 43.7 Å². The quantitative estimate of drug-likeness (QED) is 0.789. The summed E-state index contributed by atoms with van der Waals surface area (Å²) in [7, 11) is 2.05. The molecule has 0 bridgehead atoms. The second kappa shape index (κ2) is 8.86. The van der Waals surface area contributed by atoms with Crippen LogP contribution >= 0.6 is 0 Å². The van der Waals surface area contributed by atoms with Gasteiger partial charge in [0, 0.05) is 37.9 Å². The van der Waals surface area contributed by atoms with E-state index >= 15 is 0 Å². The third-order valence-electron chi connectivity index (χ3n) is 5.09. The normalized spacial score (nSPS) is 15.1. The summed E-state index contributed by atoms with van der Waals surface area (Å²) in [6.07, 6.45) is 2.03. The Morgan fingerprint density at radius 2 is 1.73 bits per heavy atom. The molecule has 1 aliphatic rings. The van der Waals surface area contributed by atoms with Crippen molar-refractivity contribution in [3.63, 3.8) is 0 Å². The number of carbonyl (C=O) groups excluding carboxylic acids is 1. The molecule has 1 fully saturated rings. The summed E-state index contributed by atoms with van der Waals surface area (Å²) < 4.78 is 6.01. The molecule has 0 spiro atoms. The predicted molar refractivity (Wildman–Crippen MR) is 106 cm³/mol. The van der Waals surface area contributed by atoms with Crippen LogP contribution in [0.5, 0.6) is 0 Å². The van der Waals surface area contributed by atoms with Gasteiger partial charge in [-0.05, 0) is 49.6 Å². The SMILES string of the molecule is CCN(C)c1ccc(C(=O)N2CCC(OCc3ccccc3)CC2)cc1. The summed E-state index contributed by atoms with van der Waals surface area (Å²) >= 11 is 0. The fourth-order valence-electron chi connectivity index (χ4n) is 3.24. The van der Waals surface area contributed by atoms with Crippen LogP contribution in [0.25, 0.3) is 0 Å². The minimum atomic E-state index is 0.122. The molecular weight excluding hydrogens is 324 g/mol. The Kier molecular flexibility index (Phi) is 6.29. The molecule has 0 aromatic heterocycles. The van der Waals surface area contributed by atoms with Crippen molar-refractivity contribution in [2.24, 2.45) is 0 Å². The van der Waals surface area contributed by atoms with Crippen molar-refractivity contribution in [2.45, 2.75) is 32.5 Å². The van der Waals surface area contributed by atoms with Crippen molar-refractivity contribution in [3.8, 4) is 0 Å². The molecule has 2 aromatic rings. The highest BCUT2D eigenvalue weighted by atomic mass is 16.5. The zero-order chi connectivity index (χ0) is 18.4. The Morgan fingerprint density at radius 3 is 2.35 bits per heavy atom. The number of hydrogen-bond acceptors (Lipinski definition) is 3. The van der Waals surface area contributed by atoms with E-state index in [-0.39, 0.29) is 12.0 Å². The van der Waals surface area contributed by atoms with Gasteiger partial charge in [-0.3, -0.25) is 4.79 Å². The molecule has 0 unspecified atom stereocenters. The van der Waals surface area contributed by atoms with Crippen LogP contribution in [-0.2, 0) is 11.3 Å². The van der Waals surface area contributed by atoms with Gasteiger partial charge >= 0.3 is 0 Å². The van der Waals surface area contributed by atoms with E-state index in [2.05, 4.69) is 31.0 Å². The standard InChI is InChI=1S/C22H28N2O2/c1-3-23(2)20-11-9-19(10-12-20)22(25)24-15-13-21(14-16-24)26-17-18-7-5-4-6-8-18/h4-12,21H,3,13-17H2,1-2H3. The monoisotopic (exact) mass is 352 g/mol. The van der Waals surface area contributed by atoms with E-state index in [1.54, 1.807) is 0 Å². The minimum absolute atomic E-state index is 0.122. The van der Waals surface area contributed by atoms with Gasteiger partial charge in [-0.2, -0.15) is 0 Å². The number of piperidine rings is 1. The Balaban J connectivity index is 1.48. The lowest BCUT2D eigenvalue weighted by Crippen LogP contribution is -2.40. The first-order valence-electron chi connectivity index (χ1n) is 9.43. The molecule has 0 radical (unpaired) electrons. The van der Waals surface area contributed by atoms with E-state index in [4.69, 9.17) is 4.74 Å². The first kappa shape index (κ1) is 18.5. The van der Waals surface area contributed by atoms with Gasteiger partial charge in [-0.1, -0.05) is 30.3 Å². The molecule has 4 nitrogen and oxygen atoms in total. The number of ether oxygens (including phenoxy) is 1. The van der Waals surface area contributed by atoms with Gasteiger partial charge in [0.05, 0.1) is 12.7 Å². The number of carbonyl (C=O) groups is 1. The molecule has 2 aromatic carbocycles. The van der Waals surface area contributed by atoms with E-state index in [9.17, 15) is 4.79 Å². The van der Waals surface area contributed by atoms with Crippen molar-refractivity contribution in [2.75, 3.05) is 31.6 Å². The van der Waals surface area contributed by atoms with Gasteiger partial charge in [-0.15, -0.1) is 0 Å². The van der Waals surface area contributed by atoms with Crippen molar-refractivity contribution in [1.29, 1.82) is 0 Å². The Labute approximate surface area is 156 Å². The van der Waals surface area contributed by atoms with Crippen LogP contribution in [0.2, 0.25) is 0 Å². The number of nitrogens with zero attached hydrogens (tertiary/aromatic N) is 2. The first-order chi connectivity index (χ1) is 12.7. The number of rotatable bonds is 6. The second-order valence-electron chi connectivity index (χ2n) is 6.85. The average Bonchev–Trinajstić information content (AvgIpc) is 2.72. The molecule has 0 N–H and O–H groups in total. The van der Waals surface area contributed by atoms with Crippen LogP contribution in [0.1, 0.15) is 35.7 Å². The molecule has 1 saturated heterocycles. The summed E-state index contributed by atoms with van der Waals surface area (Å²) in [5, 5.41) is 0. The molecule has 4 heteroatoms. The van der Waals surface area contributed by atoms with Gasteiger partial charge in [-0.25, -0.2) is 0 Å². The van der Waals surface area contributed by atoms with Crippen molar-refractivity contribution in [3.05, 3.63) is 65.7 Å². The summed E-state index contributed by atoms with van der Waals surface area (Å²) in [6.45, 7) is 5.22. The van der Waals surface area contributed by atoms with Crippen molar-refractivity contribution >= 4 is 11.6 Å². The van der Waals surface area contributed by atoms with Crippen molar-refractivity contribution < 1.29 is 9.53 Å². The molecule has 1 aliphatic heterocycles. The third-order valence-corrected chi connectivity index (χ3v) is 5.09. The molecular formula is C22H28N2O2. The number of hydrogen-bond donors (Lipinski definition) is 0. The average molecular weight is 352 g/mol. The van der Waals surface area contributed by atoms with Gasteiger partial charge < -0.3 is 14.5 Å². The Hall–Kier alpha value is -2.33.